The number of aliphatic hydroxyl groups excluding tert-OH is 1. The van der Waals surface area contributed by atoms with Gasteiger partial charge in [-0.1, -0.05) is 65.0 Å². The molecule has 0 bridgehead atoms. The Labute approximate surface area is 255 Å². The topological polar surface area (TPSA) is 66.4 Å². The normalized spacial score (nSPS) is 44.2. The molecule has 2 N–H and O–H groups in total. The first-order valence-electron chi connectivity index (χ1n) is 16.6. The Bertz CT molecular complexity index is 1390. The molecule has 4 nitrogen and oxygen atoms in total. The lowest BCUT2D eigenvalue weighted by Gasteiger charge is -2.72. The molecule has 232 valence electrons. The lowest BCUT2D eigenvalue weighted by Crippen LogP contribution is -2.65. The number of anilines is 1. The summed E-state index contributed by atoms with van der Waals surface area (Å²) in [5, 5.41) is 10.8. The molecule has 0 radical (unpaired) electrons. The van der Waals surface area contributed by atoms with E-state index in [-0.39, 0.29) is 16.2 Å². The van der Waals surface area contributed by atoms with Crippen molar-refractivity contribution in [3.05, 3.63) is 48.1 Å². The number of hydrogen-bond donors (Lipinski definition) is 2. The Morgan fingerprint density at radius 1 is 0.929 bits per heavy atom. The van der Waals surface area contributed by atoms with E-state index in [4.69, 9.17) is 0 Å². The van der Waals surface area contributed by atoms with Crippen molar-refractivity contribution in [2.75, 3.05) is 17.6 Å². The zero-order chi connectivity index (χ0) is 30.5. The van der Waals surface area contributed by atoms with Gasteiger partial charge in [-0.3, -0.25) is 4.72 Å². The molecule has 4 fully saturated rings. The van der Waals surface area contributed by atoms with Crippen LogP contribution in [0.5, 0.6) is 0 Å². The van der Waals surface area contributed by atoms with Crippen LogP contribution in [0.2, 0.25) is 0 Å². The van der Waals surface area contributed by atoms with Gasteiger partial charge in [0.15, 0.2) is 0 Å². The molecule has 9 atom stereocenters. The third kappa shape index (κ3) is 4.18. The second-order valence-corrected chi connectivity index (χ2v) is 18.4. The molecular weight excluding hydrogens is 538 g/mol. The number of benzene rings is 1. The van der Waals surface area contributed by atoms with E-state index in [0.29, 0.717) is 52.7 Å². The molecule has 5 aliphatic carbocycles. The average molecular weight is 594 g/mol. The van der Waals surface area contributed by atoms with E-state index in [1.807, 2.05) is 12.1 Å². The molecule has 1 aromatic rings. The van der Waals surface area contributed by atoms with Gasteiger partial charge in [-0.15, -0.1) is 0 Å². The van der Waals surface area contributed by atoms with Crippen LogP contribution in [0, 0.1) is 56.7 Å². The molecule has 5 aliphatic rings. The fourth-order valence-electron chi connectivity index (χ4n) is 12.6. The van der Waals surface area contributed by atoms with Gasteiger partial charge >= 0.3 is 0 Å². The van der Waals surface area contributed by atoms with E-state index in [2.05, 4.69) is 71.1 Å². The molecule has 0 spiro atoms. The average Bonchev–Trinajstić information content (AvgIpc) is 3.29. The Balaban J connectivity index is 1.33. The summed E-state index contributed by atoms with van der Waals surface area (Å²) < 4.78 is 26.1. The first-order valence-corrected chi connectivity index (χ1v) is 18.5. The third-order valence-corrected chi connectivity index (χ3v) is 15.2. The molecule has 0 saturated heterocycles. The van der Waals surface area contributed by atoms with Crippen LogP contribution < -0.4 is 4.72 Å². The van der Waals surface area contributed by atoms with Crippen molar-refractivity contribution in [3.8, 4) is 0 Å². The standard InChI is InChI=1S/C37H55NO3S/c1-24(2)27-15-20-37(23-39)22-21-35(6)29(32(27)37)13-14-31-34(5)18-16-28(33(3,4)30(34)17-19-36(31,35)7)25-9-11-26(12-10-25)38-42(8,40)41/h9-12,16,27,29-32,38-39H,1,13-15,17-23H2,2-8H3/t27-,29+,30-,31+,32?,34-,35+,36+,37+/m0/s1. The van der Waals surface area contributed by atoms with Crippen molar-refractivity contribution in [2.24, 2.45) is 56.7 Å². The van der Waals surface area contributed by atoms with Crippen molar-refractivity contribution in [1.82, 2.24) is 0 Å². The zero-order valence-corrected chi connectivity index (χ0v) is 28.0. The molecule has 0 aliphatic heterocycles. The quantitative estimate of drug-likeness (QED) is 0.336. The third-order valence-electron chi connectivity index (χ3n) is 14.6. The summed E-state index contributed by atoms with van der Waals surface area (Å²) in [7, 11) is -3.29. The molecule has 5 heteroatoms. The first kappa shape index (κ1) is 30.4. The predicted octanol–water partition coefficient (Wildman–Crippen LogP) is 8.70. The molecule has 0 amide bonds. The van der Waals surface area contributed by atoms with Gasteiger partial charge in [-0.25, -0.2) is 8.42 Å². The van der Waals surface area contributed by atoms with Crippen LogP contribution in [-0.4, -0.2) is 26.4 Å². The smallest absolute Gasteiger partial charge is 0.229 e. The highest BCUT2D eigenvalue weighted by Crippen LogP contribution is 2.77. The minimum absolute atomic E-state index is 0.0347. The second-order valence-electron chi connectivity index (χ2n) is 16.7. The van der Waals surface area contributed by atoms with Gasteiger partial charge in [0.05, 0.1) is 6.26 Å². The molecular formula is C37H55NO3S. The van der Waals surface area contributed by atoms with E-state index in [9.17, 15) is 13.5 Å². The number of nitrogens with one attached hydrogen (secondary N) is 1. The fraction of sp³-hybridized carbons (Fsp3) is 0.730. The summed E-state index contributed by atoms with van der Waals surface area (Å²) in [6.07, 6.45) is 14.8. The van der Waals surface area contributed by atoms with Crippen LogP contribution in [0.25, 0.3) is 5.57 Å². The summed E-state index contributed by atoms with van der Waals surface area (Å²) in [5.41, 5.74) is 5.57. The largest absolute Gasteiger partial charge is 0.396 e. The Kier molecular flexibility index (Phi) is 7.03. The number of fused-ring (bicyclic) bond motifs is 7. The Morgan fingerprint density at radius 2 is 1.62 bits per heavy atom. The first-order chi connectivity index (χ1) is 19.5. The highest BCUT2D eigenvalue weighted by Gasteiger charge is 2.70. The SMILES string of the molecule is C=C(C)[C@@H]1CC[C@]2(CO)CC[C@]3(C)[C@H](CC[C@@H]4[C@@]5(C)CC=C(c6ccc(NS(C)(=O)=O)cc6)C(C)(C)[C@@H]5CC[C@]43C)C12. The van der Waals surface area contributed by atoms with Crippen LogP contribution in [0.1, 0.15) is 105 Å². The van der Waals surface area contributed by atoms with E-state index in [1.165, 1.54) is 74.3 Å². The molecule has 0 aromatic heterocycles. The summed E-state index contributed by atoms with van der Waals surface area (Å²) in [6, 6.07) is 7.99. The van der Waals surface area contributed by atoms with Gasteiger partial charge in [0.1, 0.15) is 0 Å². The maximum Gasteiger partial charge on any atom is 0.229 e. The fourth-order valence-corrected chi connectivity index (χ4v) is 13.2. The van der Waals surface area contributed by atoms with E-state index in [0.717, 1.165) is 6.42 Å². The van der Waals surface area contributed by atoms with Crippen molar-refractivity contribution < 1.29 is 13.5 Å². The van der Waals surface area contributed by atoms with E-state index < -0.39 is 10.0 Å². The molecule has 42 heavy (non-hydrogen) atoms. The van der Waals surface area contributed by atoms with Gasteiger partial charge in [0.25, 0.3) is 0 Å². The summed E-state index contributed by atoms with van der Waals surface area (Å²) in [5.74, 6) is 3.11. The van der Waals surface area contributed by atoms with Crippen LogP contribution in [0.4, 0.5) is 5.69 Å². The van der Waals surface area contributed by atoms with Crippen molar-refractivity contribution in [3.63, 3.8) is 0 Å². The highest BCUT2D eigenvalue weighted by atomic mass is 32.2. The van der Waals surface area contributed by atoms with Gasteiger partial charge in [-0.2, -0.15) is 0 Å². The second kappa shape index (κ2) is 9.70. The van der Waals surface area contributed by atoms with Crippen LogP contribution in [0.3, 0.4) is 0 Å². The molecule has 1 aromatic carbocycles. The van der Waals surface area contributed by atoms with E-state index >= 15 is 0 Å². The number of rotatable bonds is 5. The van der Waals surface area contributed by atoms with Gasteiger partial charge in [0.2, 0.25) is 10.0 Å². The monoisotopic (exact) mass is 593 g/mol. The molecule has 0 heterocycles. The molecule has 1 unspecified atom stereocenters. The number of sulfonamides is 1. The Morgan fingerprint density at radius 3 is 2.24 bits per heavy atom. The van der Waals surface area contributed by atoms with Crippen LogP contribution >= 0.6 is 0 Å². The van der Waals surface area contributed by atoms with Crippen LogP contribution in [0.15, 0.2) is 42.5 Å². The lowest BCUT2D eigenvalue weighted by molar-refractivity contribution is -0.228. The molecule has 6 rings (SSSR count). The number of allylic oxidation sites excluding steroid dienone is 3. The van der Waals surface area contributed by atoms with Crippen molar-refractivity contribution >= 4 is 21.3 Å². The zero-order valence-electron chi connectivity index (χ0n) is 27.2. The summed E-state index contributed by atoms with van der Waals surface area (Å²) in [4.78, 5) is 0. The minimum atomic E-state index is -3.29. The number of aliphatic hydroxyl groups is 1. The maximum absolute atomic E-state index is 11.7. The van der Waals surface area contributed by atoms with Gasteiger partial charge < -0.3 is 5.11 Å². The van der Waals surface area contributed by atoms with Crippen molar-refractivity contribution in [2.45, 2.75) is 99.3 Å². The summed E-state index contributed by atoms with van der Waals surface area (Å²) in [6.45, 7) is 20.0. The van der Waals surface area contributed by atoms with E-state index in [1.54, 1.807) is 0 Å². The van der Waals surface area contributed by atoms with Gasteiger partial charge in [-0.05, 0) is 145 Å². The predicted molar refractivity (Wildman–Crippen MR) is 174 cm³/mol. The lowest BCUT2D eigenvalue weighted by atomic mass is 9.32. The Hall–Kier alpha value is -1.59. The maximum atomic E-state index is 11.7. The van der Waals surface area contributed by atoms with Crippen molar-refractivity contribution in [1.29, 1.82) is 0 Å². The van der Waals surface area contributed by atoms with Crippen LogP contribution in [-0.2, 0) is 10.0 Å². The number of hydrogen-bond acceptors (Lipinski definition) is 3. The van der Waals surface area contributed by atoms with Gasteiger partial charge in [0, 0.05) is 12.3 Å². The minimum Gasteiger partial charge on any atom is -0.396 e. The summed E-state index contributed by atoms with van der Waals surface area (Å²) >= 11 is 0. The highest BCUT2D eigenvalue weighted by molar-refractivity contribution is 7.92. The molecule has 4 saturated carbocycles.